The number of hydrogen-bond acceptors (Lipinski definition) is 4. The zero-order valence-electron chi connectivity index (χ0n) is 16.5. The third-order valence-electron chi connectivity index (χ3n) is 4.97. The fourth-order valence-corrected chi connectivity index (χ4v) is 4.35. The van der Waals surface area contributed by atoms with Crippen LogP contribution in [-0.2, 0) is 10.3 Å². The summed E-state index contributed by atoms with van der Waals surface area (Å²) in [6.07, 6.45) is 6.59. The molecule has 26 heavy (non-hydrogen) atoms. The van der Waals surface area contributed by atoms with Gasteiger partial charge in [0.25, 0.3) is 0 Å². The predicted octanol–water partition coefficient (Wildman–Crippen LogP) is 3.50. The fourth-order valence-electron chi connectivity index (χ4n) is 3.57. The van der Waals surface area contributed by atoms with Gasteiger partial charge < -0.3 is 20.5 Å². The van der Waals surface area contributed by atoms with Crippen molar-refractivity contribution in [3.63, 3.8) is 0 Å². The van der Waals surface area contributed by atoms with E-state index in [0.717, 1.165) is 37.0 Å². The molecule has 0 aromatic carbocycles. The van der Waals surface area contributed by atoms with E-state index in [-0.39, 0.29) is 0 Å². The Morgan fingerprint density at radius 3 is 2.77 bits per heavy atom. The van der Waals surface area contributed by atoms with Crippen LogP contribution in [0.1, 0.15) is 57.8 Å². The highest BCUT2D eigenvalue weighted by molar-refractivity contribution is 7.10. The van der Waals surface area contributed by atoms with Crippen molar-refractivity contribution < 1.29 is 9.84 Å². The quantitative estimate of drug-likeness (QED) is 0.429. The maximum Gasteiger partial charge on any atom is 0.191 e. The van der Waals surface area contributed by atoms with Crippen LogP contribution in [0.25, 0.3) is 0 Å². The van der Waals surface area contributed by atoms with Crippen LogP contribution in [0.2, 0.25) is 0 Å². The summed E-state index contributed by atoms with van der Waals surface area (Å²) in [5, 5.41) is 19.3. The van der Waals surface area contributed by atoms with E-state index in [1.54, 1.807) is 11.3 Å². The van der Waals surface area contributed by atoms with Crippen LogP contribution in [0.3, 0.4) is 0 Å². The highest BCUT2D eigenvalue weighted by atomic mass is 32.1. The Morgan fingerprint density at radius 1 is 1.38 bits per heavy atom. The van der Waals surface area contributed by atoms with Gasteiger partial charge in [-0.05, 0) is 57.4 Å². The van der Waals surface area contributed by atoms with Crippen LogP contribution in [0.5, 0.6) is 0 Å². The Hall–Kier alpha value is -1.11. The van der Waals surface area contributed by atoms with Crippen LogP contribution < -0.4 is 10.6 Å². The van der Waals surface area contributed by atoms with Gasteiger partial charge in [0, 0.05) is 24.6 Å². The monoisotopic (exact) mass is 381 g/mol. The Balaban J connectivity index is 1.86. The molecule has 5 nitrogen and oxygen atoms in total. The van der Waals surface area contributed by atoms with Crippen molar-refractivity contribution in [2.75, 3.05) is 26.2 Å². The van der Waals surface area contributed by atoms with Crippen molar-refractivity contribution in [2.45, 2.75) is 64.6 Å². The molecule has 3 N–H and O–H groups in total. The van der Waals surface area contributed by atoms with Gasteiger partial charge in [-0.2, -0.15) is 0 Å². The topological polar surface area (TPSA) is 65.9 Å². The van der Waals surface area contributed by atoms with Gasteiger partial charge in [-0.15, -0.1) is 11.3 Å². The third-order valence-corrected chi connectivity index (χ3v) is 6.09. The summed E-state index contributed by atoms with van der Waals surface area (Å²) in [6, 6.07) is 3.91. The van der Waals surface area contributed by atoms with Crippen molar-refractivity contribution in [1.82, 2.24) is 10.6 Å². The Labute approximate surface area is 162 Å². The summed E-state index contributed by atoms with van der Waals surface area (Å²) in [7, 11) is 0. The molecule has 0 radical (unpaired) electrons. The van der Waals surface area contributed by atoms with Gasteiger partial charge in [-0.3, -0.25) is 0 Å². The zero-order valence-corrected chi connectivity index (χ0v) is 17.3. The minimum absolute atomic E-state index is 0.334. The summed E-state index contributed by atoms with van der Waals surface area (Å²) in [4.78, 5) is 5.53. The molecule has 2 unspecified atom stereocenters. The van der Waals surface area contributed by atoms with Crippen molar-refractivity contribution in [2.24, 2.45) is 10.9 Å². The lowest BCUT2D eigenvalue weighted by atomic mass is 9.98. The molecule has 1 fully saturated rings. The number of nitrogens with one attached hydrogen (secondary N) is 2. The number of hydrogen-bond donors (Lipinski definition) is 3. The van der Waals surface area contributed by atoms with E-state index in [1.165, 1.54) is 25.7 Å². The molecule has 0 aliphatic heterocycles. The van der Waals surface area contributed by atoms with Gasteiger partial charge in [0.05, 0.1) is 12.6 Å². The molecule has 0 bridgehead atoms. The van der Waals surface area contributed by atoms with Crippen molar-refractivity contribution >= 4 is 17.3 Å². The van der Waals surface area contributed by atoms with Crippen LogP contribution in [0, 0.1) is 5.92 Å². The Bertz CT molecular complexity index is 525. The van der Waals surface area contributed by atoms with E-state index in [4.69, 9.17) is 4.74 Å². The minimum atomic E-state index is -0.936. The summed E-state index contributed by atoms with van der Waals surface area (Å²) in [6.45, 7) is 8.68. The van der Waals surface area contributed by atoms with E-state index < -0.39 is 5.60 Å². The average Bonchev–Trinajstić information content (AvgIpc) is 3.32. The molecule has 1 aliphatic carbocycles. The molecule has 1 aliphatic rings. The van der Waals surface area contributed by atoms with Crippen LogP contribution >= 0.6 is 11.3 Å². The number of rotatable bonds is 10. The summed E-state index contributed by atoms with van der Waals surface area (Å²) in [5.41, 5.74) is -0.936. The lowest BCUT2D eigenvalue weighted by Crippen LogP contribution is -2.40. The normalized spacial score (nSPS) is 19.3. The minimum Gasteiger partial charge on any atom is -0.383 e. The van der Waals surface area contributed by atoms with Gasteiger partial charge in [0.15, 0.2) is 5.96 Å². The van der Waals surface area contributed by atoms with Gasteiger partial charge in [0.1, 0.15) is 5.60 Å². The van der Waals surface area contributed by atoms with Gasteiger partial charge in [0.2, 0.25) is 0 Å². The fraction of sp³-hybridized carbons (Fsp3) is 0.750. The molecule has 0 amide bonds. The molecular weight excluding hydrogens is 346 g/mol. The van der Waals surface area contributed by atoms with Crippen molar-refractivity contribution in [3.8, 4) is 0 Å². The summed E-state index contributed by atoms with van der Waals surface area (Å²) in [5.74, 6) is 1.46. The number of thiophene rings is 1. The second-order valence-corrected chi connectivity index (χ2v) is 8.15. The molecule has 1 aromatic rings. The highest BCUT2D eigenvalue weighted by Crippen LogP contribution is 2.30. The summed E-state index contributed by atoms with van der Waals surface area (Å²) < 4.78 is 5.99. The first-order valence-corrected chi connectivity index (χ1v) is 10.8. The van der Waals surface area contributed by atoms with E-state index in [0.29, 0.717) is 18.6 Å². The highest BCUT2D eigenvalue weighted by Gasteiger charge is 2.26. The number of guanidine groups is 1. The maximum atomic E-state index is 10.6. The van der Waals surface area contributed by atoms with Crippen LogP contribution in [-0.4, -0.2) is 43.4 Å². The molecule has 0 spiro atoms. The van der Waals surface area contributed by atoms with Gasteiger partial charge >= 0.3 is 0 Å². The van der Waals surface area contributed by atoms with Gasteiger partial charge in [-0.1, -0.05) is 18.9 Å². The zero-order chi connectivity index (χ0) is 18.8. The standard InChI is InChI=1S/C20H35N3O2S/c1-4-21-19(23-15-20(3,24)18-11-8-14-26-18)22-13-12-17(25-5-2)16-9-6-7-10-16/h8,11,14,16-17,24H,4-7,9-10,12-13,15H2,1-3H3,(H2,21,22,23). The van der Waals surface area contributed by atoms with Crippen molar-refractivity contribution in [3.05, 3.63) is 22.4 Å². The Morgan fingerprint density at radius 2 is 2.15 bits per heavy atom. The molecule has 1 aromatic heterocycles. The maximum absolute atomic E-state index is 10.6. The molecule has 2 atom stereocenters. The first-order valence-electron chi connectivity index (χ1n) is 9.97. The molecule has 6 heteroatoms. The number of ether oxygens (including phenoxy) is 1. The lowest BCUT2D eigenvalue weighted by Gasteiger charge is -2.24. The Kier molecular flexibility index (Phi) is 8.88. The lowest BCUT2D eigenvalue weighted by molar-refractivity contribution is 0.0169. The molecule has 148 valence electrons. The van der Waals surface area contributed by atoms with Crippen LogP contribution in [0.15, 0.2) is 22.5 Å². The first kappa shape index (κ1) is 21.2. The van der Waals surface area contributed by atoms with E-state index in [9.17, 15) is 5.11 Å². The SMILES string of the molecule is CCNC(=NCC(C)(O)c1cccs1)NCCC(OCC)C1CCCC1. The molecule has 1 saturated carbocycles. The molecule has 2 rings (SSSR count). The predicted molar refractivity (Wildman–Crippen MR) is 110 cm³/mol. The van der Waals surface area contributed by atoms with E-state index >= 15 is 0 Å². The van der Waals surface area contributed by atoms with Gasteiger partial charge in [-0.25, -0.2) is 4.99 Å². The second-order valence-electron chi connectivity index (χ2n) is 7.20. The molecular formula is C20H35N3O2S. The number of nitrogens with zero attached hydrogens (tertiary/aromatic N) is 1. The number of aliphatic hydroxyl groups is 1. The molecule has 1 heterocycles. The summed E-state index contributed by atoms with van der Waals surface area (Å²) >= 11 is 1.56. The smallest absolute Gasteiger partial charge is 0.191 e. The van der Waals surface area contributed by atoms with Crippen molar-refractivity contribution in [1.29, 1.82) is 0 Å². The average molecular weight is 382 g/mol. The second kappa shape index (κ2) is 10.9. The third kappa shape index (κ3) is 6.56. The molecule has 0 saturated heterocycles. The van der Waals surface area contributed by atoms with Crippen LogP contribution in [0.4, 0.5) is 0 Å². The first-order chi connectivity index (χ1) is 12.6. The van der Waals surface area contributed by atoms with E-state index in [1.807, 2.05) is 24.4 Å². The van der Waals surface area contributed by atoms with E-state index in [2.05, 4.69) is 29.5 Å². The number of aliphatic imine (C=N–C) groups is 1. The largest absolute Gasteiger partial charge is 0.383 e.